The minimum absolute atomic E-state index is 0.0821. The number of benzene rings is 2. The zero-order chi connectivity index (χ0) is 27.2. The molecule has 0 atom stereocenters. The molecule has 1 aliphatic rings. The molecule has 1 fully saturated rings. The van der Waals surface area contributed by atoms with E-state index in [0.29, 0.717) is 17.5 Å². The van der Waals surface area contributed by atoms with E-state index in [4.69, 9.17) is 4.98 Å². The Kier molecular flexibility index (Phi) is 5.83. The number of fused-ring (bicyclic) bond motifs is 4. The molecule has 1 saturated heterocycles. The van der Waals surface area contributed by atoms with Crippen LogP contribution < -0.4 is 15.8 Å². The Morgan fingerprint density at radius 2 is 1.73 bits per heavy atom. The lowest BCUT2D eigenvalue weighted by atomic mass is 10.1. The van der Waals surface area contributed by atoms with E-state index in [9.17, 15) is 9.90 Å². The second-order valence-electron chi connectivity index (χ2n) is 9.78. The van der Waals surface area contributed by atoms with Crippen molar-refractivity contribution >= 4 is 44.9 Å². The first kappa shape index (κ1) is 24.1. The van der Waals surface area contributed by atoms with Gasteiger partial charge in [0.05, 0.1) is 12.1 Å². The molecule has 0 bridgehead atoms. The smallest absolute Gasteiger partial charge is 0.284 e. The molecule has 0 saturated carbocycles. The molecule has 7 rings (SSSR count). The highest BCUT2D eigenvalue weighted by Gasteiger charge is 2.20. The summed E-state index contributed by atoms with van der Waals surface area (Å²) in [5.74, 6) is 0.658. The molecule has 0 aliphatic carbocycles. The predicted molar refractivity (Wildman–Crippen MR) is 152 cm³/mol. The third kappa shape index (κ3) is 4.01. The molecule has 2 aromatic carbocycles. The van der Waals surface area contributed by atoms with E-state index in [1.54, 1.807) is 23.1 Å². The van der Waals surface area contributed by atoms with Gasteiger partial charge in [-0.25, -0.2) is 24.6 Å². The lowest BCUT2D eigenvalue weighted by Gasteiger charge is -2.35. The van der Waals surface area contributed by atoms with E-state index in [2.05, 4.69) is 42.1 Å². The summed E-state index contributed by atoms with van der Waals surface area (Å²) >= 11 is 0. The molecule has 1 aliphatic heterocycles. The molecule has 40 heavy (non-hydrogen) atoms. The summed E-state index contributed by atoms with van der Waals surface area (Å²) in [6.45, 7) is 3.69. The van der Waals surface area contributed by atoms with E-state index in [-0.39, 0.29) is 23.2 Å². The van der Waals surface area contributed by atoms with Gasteiger partial charge >= 0.3 is 0 Å². The summed E-state index contributed by atoms with van der Waals surface area (Å²) in [6, 6.07) is 15.2. The molecule has 12 heteroatoms. The predicted octanol–water partition coefficient (Wildman–Crippen LogP) is 2.36. The van der Waals surface area contributed by atoms with Crippen molar-refractivity contribution in [1.29, 1.82) is 0 Å². The van der Waals surface area contributed by atoms with Crippen molar-refractivity contribution in [3.05, 3.63) is 83.0 Å². The third-order valence-corrected chi connectivity index (χ3v) is 7.27. The number of likely N-dealkylation sites (N-methyl/N-ethyl adjacent to an activating group) is 1. The van der Waals surface area contributed by atoms with Crippen LogP contribution in [0.25, 0.3) is 33.5 Å². The van der Waals surface area contributed by atoms with Gasteiger partial charge < -0.3 is 20.2 Å². The van der Waals surface area contributed by atoms with E-state index >= 15 is 0 Å². The molecular weight excluding hydrogens is 508 g/mol. The first-order valence-corrected chi connectivity index (χ1v) is 13.0. The number of hydrogen-bond donors (Lipinski definition) is 2. The van der Waals surface area contributed by atoms with Gasteiger partial charge in [0, 0.05) is 67.1 Å². The molecule has 12 nitrogen and oxygen atoms in total. The monoisotopic (exact) mass is 534 g/mol. The summed E-state index contributed by atoms with van der Waals surface area (Å²) in [5, 5.41) is 14.3. The van der Waals surface area contributed by atoms with E-state index in [0.717, 1.165) is 54.0 Å². The number of nitrogens with one attached hydrogen (secondary N) is 1. The number of aliphatic hydroxyl groups excluding tert-OH is 1. The van der Waals surface area contributed by atoms with Gasteiger partial charge in [-0.3, -0.25) is 4.79 Å². The Bertz CT molecular complexity index is 1930. The molecule has 0 unspecified atom stereocenters. The van der Waals surface area contributed by atoms with Crippen LogP contribution in [0.3, 0.4) is 0 Å². The molecule has 6 aromatic rings. The van der Waals surface area contributed by atoms with Crippen molar-refractivity contribution in [2.24, 2.45) is 0 Å². The van der Waals surface area contributed by atoms with Gasteiger partial charge in [-0.05, 0) is 43.4 Å². The summed E-state index contributed by atoms with van der Waals surface area (Å²) in [4.78, 5) is 40.8. The van der Waals surface area contributed by atoms with Crippen LogP contribution in [-0.4, -0.2) is 77.4 Å². The zero-order valence-electron chi connectivity index (χ0n) is 21.8. The Hall–Kier alpha value is -4.94. The number of hydrogen-bond acceptors (Lipinski definition) is 10. The SMILES string of the molecule is CN1CCN(c2ccc(Nc3ncc4c(=O)n5c(nc4n3)c3ccccc3n5-c3ncccn3)cc2CO)CC1. The normalized spacial score (nSPS) is 14.4. The largest absolute Gasteiger partial charge is 0.392 e. The van der Waals surface area contributed by atoms with Crippen LogP contribution in [0.15, 0.2) is 71.9 Å². The number of nitrogens with zero attached hydrogens (tertiary/aromatic N) is 9. The quantitative estimate of drug-likeness (QED) is 0.340. The topological polar surface area (TPSA) is 130 Å². The van der Waals surface area contributed by atoms with E-state index in [1.807, 2.05) is 42.5 Å². The van der Waals surface area contributed by atoms with Crippen molar-refractivity contribution in [3.8, 4) is 5.95 Å². The number of rotatable bonds is 5. The van der Waals surface area contributed by atoms with Gasteiger partial charge in [0.1, 0.15) is 5.39 Å². The Morgan fingerprint density at radius 3 is 2.52 bits per heavy atom. The second-order valence-corrected chi connectivity index (χ2v) is 9.78. The summed E-state index contributed by atoms with van der Waals surface area (Å²) < 4.78 is 3.12. The van der Waals surface area contributed by atoms with E-state index in [1.165, 1.54) is 10.7 Å². The summed E-state index contributed by atoms with van der Waals surface area (Å²) in [6.07, 6.45) is 4.73. The maximum Gasteiger partial charge on any atom is 0.284 e. The van der Waals surface area contributed by atoms with Crippen molar-refractivity contribution in [2.45, 2.75) is 6.61 Å². The number of piperazine rings is 1. The number of aliphatic hydroxyl groups is 1. The minimum Gasteiger partial charge on any atom is -0.392 e. The first-order chi connectivity index (χ1) is 19.6. The third-order valence-electron chi connectivity index (χ3n) is 7.27. The van der Waals surface area contributed by atoms with Crippen LogP contribution in [0, 0.1) is 0 Å². The Balaban J connectivity index is 1.29. The highest BCUT2D eigenvalue weighted by molar-refractivity contribution is 5.95. The summed E-state index contributed by atoms with van der Waals surface area (Å²) in [5.41, 5.74) is 3.73. The van der Waals surface area contributed by atoms with Gasteiger partial charge in [0.2, 0.25) is 11.9 Å². The fraction of sp³-hybridized carbons (Fsp3) is 0.214. The number of anilines is 3. The van der Waals surface area contributed by atoms with Gasteiger partial charge in [0.15, 0.2) is 11.3 Å². The van der Waals surface area contributed by atoms with Crippen LogP contribution in [0.5, 0.6) is 0 Å². The standard InChI is InChI=1S/C28H26N10O2/c1-35-11-13-36(14-12-35)22-8-7-19(15-18(22)17-39)32-27-31-16-21-24(34-27)33-25-20-5-2-3-6-23(20)37(38(25)26(21)40)28-29-9-4-10-30-28/h2-10,15-16,39H,11-14,17H2,1H3,(H,31,32,34). The first-order valence-electron chi connectivity index (χ1n) is 13.0. The fourth-order valence-electron chi connectivity index (χ4n) is 5.21. The lowest BCUT2D eigenvalue weighted by molar-refractivity contribution is 0.280. The van der Waals surface area contributed by atoms with Gasteiger partial charge in [-0.2, -0.15) is 9.50 Å². The van der Waals surface area contributed by atoms with Crippen molar-refractivity contribution in [1.82, 2.24) is 39.0 Å². The van der Waals surface area contributed by atoms with Crippen LogP contribution in [0.2, 0.25) is 0 Å². The molecule has 0 spiro atoms. The Morgan fingerprint density at radius 1 is 0.925 bits per heavy atom. The highest BCUT2D eigenvalue weighted by atomic mass is 16.3. The van der Waals surface area contributed by atoms with Crippen molar-refractivity contribution < 1.29 is 5.11 Å². The van der Waals surface area contributed by atoms with Crippen LogP contribution in [0.4, 0.5) is 17.3 Å². The van der Waals surface area contributed by atoms with Crippen LogP contribution in [-0.2, 0) is 6.61 Å². The van der Waals surface area contributed by atoms with E-state index < -0.39 is 0 Å². The second kappa shape index (κ2) is 9.67. The molecule has 2 N–H and O–H groups in total. The Labute approximate surface area is 228 Å². The zero-order valence-corrected chi connectivity index (χ0v) is 21.8. The molecule has 5 heterocycles. The van der Waals surface area contributed by atoms with Crippen molar-refractivity contribution in [2.75, 3.05) is 43.4 Å². The van der Waals surface area contributed by atoms with Gasteiger partial charge in [0.25, 0.3) is 5.56 Å². The minimum atomic E-state index is -0.325. The number of aromatic nitrogens is 7. The average molecular weight is 535 g/mol. The maximum absolute atomic E-state index is 13.7. The molecule has 200 valence electrons. The fourth-order valence-corrected chi connectivity index (χ4v) is 5.21. The molecule has 0 amide bonds. The average Bonchev–Trinajstić information content (AvgIpc) is 3.32. The van der Waals surface area contributed by atoms with Crippen LogP contribution >= 0.6 is 0 Å². The summed E-state index contributed by atoms with van der Waals surface area (Å²) in [7, 11) is 2.12. The van der Waals surface area contributed by atoms with Crippen LogP contribution in [0.1, 0.15) is 5.56 Å². The molecular formula is C28H26N10O2. The molecule has 4 aromatic heterocycles. The highest BCUT2D eigenvalue weighted by Crippen LogP contribution is 2.27. The molecule has 0 radical (unpaired) electrons. The van der Waals surface area contributed by atoms with Gasteiger partial charge in [-0.15, -0.1) is 0 Å². The van der Waals surface area contributed by atoms with Gasteiger partial charge in [-0.1, -0.05) is 12.1 Å². The van der Waals surface area contributed by atoms with Crippen molar-refractivity contribution in [3.63, 3.8) is 0 Å². The lowest BCUT2D eigenvalue weighted by Crippen LogP contribution is -2.44. The maximum atomic E-state index is 13.7. The number of para-hydroxylation sites is 1.